The van der Waals surface area contributed by atoms with Crippen LogP contribution in [0.15, 0.2) is 53.4 Å². The minimum absolute atomic E-state index is 0.00719. The third-order valence-corrected chi connectivity index (χ3v) is 4.56. The number of amides is 1. The van der Waals surface area contributed by atoms with Gasteiger partial charge in [0.1, 0.15) is 29.6 Å². The van der Waals surface area contributed by atoms with E-state index in [0.717, 1.165) is 0 Å². The molecular weight excluding hydrogens is 413 g/mol. The van der Waals surface area contributed by atoms with Crippen LogP contribution in [-0.4, -0.2) is 40.3 Å². The second-order valence-corrected chi connectivity index (χ2v) is 7.37. The minimum atomic E-state index is -4.98. The van der Waals surface area contributed by atoms with Crippen LogP contribution in [0.5, 0.6) is 11.5 Å². The highest BCUT2D eigenvalue weighted by Gasteiger charge is 2.38. The standard InChI is InChI=1S/C18H19F3N2O5S/c19-18(20,21)17(24)23-9-8-13-6-7-15(16(12-13)29(22,25)26)28-11-10-27-14-4-2-1-3-5-14/h1-7,12H,8-11H2,(H,23,24)(H2,22,25,26). The highest BCUT2D eigenvalue weighted by atomic mass is 32.2. The molecule has 0 atom stereocenters. The zero-order chi connectivity index (χ0) is 21.5. The number of hydrogen-bond acceptors (Lipinski definition) is 5. The van der Waals surface area contributed by atoms with E-state index in [1.807, 2.05) is 6.07 Å². The van der Waals surface area contributed by atoms with Crippen molar-refractivity contribution < 1.29 is 35.9 Å². The van der Waals surface area contributed by atoms with Crippen molar-refractivity contribution in [1.82, 2.24) is 5.32 Å². The van der Waals surface area contributed by atoms with Gasteiger partial charge in [-0.3, -0.25) is 4.79 Å². The Kier molecular flexibility index (Phi) is 7.46. The van der Waals surface area contributed by atoms with Crippen molar-refractivity contribution in [3.05, 3.63) is 54.1 Å². The van der Waals surface area contributed by atoms with Crippen LogP contribution in [0.3, 0.4) is 0 Å². The number of sulfonamides is 1. The molecule has 0 bridgehead atoms. The van der Waals surface area contributed by atoms with E-state index < -0.39 is 22.1 Å². The molecule has 0 saturated heterocycles. The summed E-state index contributed by atoms with van der Waals surface area (Å²) in [6, 6.07) is 13.0. The fourth-order valence-corrected chi connectivity index (χ4v) is 3.02. The lowest BCUT2D eigenvalue weighted by Crippen LogP contribution is -2.37. The maximum absolute atomic E-state index is 12.2. The SMILES string of the molecule is NS(=O)(=O)c1cc(CCNC(=O)C(F)(F)F)ccc1OCCOc1ccccc1. The molecule has 2 aromatic rings. The number of nitrogens with one attached hydrogen (secondary N) is 1. The number of ether oxygens (including phenoxy) is 2. The first-order valence-corrected chi connectivity index (χ1v) is 9.93. The predicted octanol–water partition coefficient (Wildman–Crippen LogP) is 2.01. The van der Waals surface area contributed by atoms with Gasteiger partial charge in [0.15, 0.2) is 0 Å². The number of benzene rings is 2. The molecule has 0 aliphatic carbocycles. The number of para-hydroxylation sites is 1. The maximum Gasteiger partial charge on any atom is 0.471 e. The van der Waals surface area contributed by atoms with Gasteiger partial charge in [0.2, 0.25) is 10.0 Å². The molecule has 2 aromatic carbocycles. The van der Waals surface area contributed by atoms with Gasteiger partial charge in [0, 0.05) is 6.54 Å². The average Bonchev–Trinajstić information content (AvgIpc) is 2.65. The van der Waals surface area contributed by atoms with Gasteiger partial charge in [0.05, 0.1) is 0 Å². The van der Waals surface area contributed by atoms with E-state index in [4.69, 9.17) is 14.6 Å². The molecule has 158 valence electrons. The lowest BCUT2D eigenvalue weighted by molar-refractivity contribution is -0.173. The van der Waals surface area contributed by atoms with E-state index in [1.165, 1.54) is 18.2 Å². The summed E-state index contributed by atoms with van der Waals surface area (Å²) in [6.07, 6.45) is -5.01. The highest BCUT2D eigenvalue weighted by molar-refractivity contribution is 7.89. The quantitative estimate of drug-likeness (QED) is 0.590. The normalized spacial score (nSPS) is 11.7. The molecule has 29 heavy (non-hydrogen) atoms. The molecule has 0 radical (unpaired) electrons. The Labute approximate surface area is 165 Å². The van der Waals surface area contributed by atoms with Crippen LogP contribution < -0.4 is 19.9 Å². The summed E-state index contributed by atoms with van der Waals surface area (Å²) < 4.78 is 71.0. The Morgan fingerprint density at radius 3 is 2.31 bits per heavy atom. The number of carbonyl (C=O) groups excluding carboxylic acids is 1. The van der Waals surface area contributed by atoms with Crippen molar-refractivity contribution >= 4 is 15.9 Å². The van der Waals surface area contributed by atoms with Crippen LogP contribution in [0.4, 0.5) is 13.2 Å². The maximum atomic E-state index is 12.2. The number of nitrogens with two attached hydrogens (primary N) is 1. The van der Waals surface area contributed by atoms with E-state index in [1.54, 1.807) is 29.6 Å². The Morgan fingerprint density at radius 1 is 1.03 bits per heavy atom. The number of halogens is 3. The van der Waals surface area contributed by atoms with Crippen molar-refractivity contribution in [2.24, 2.45) is 5.14 Å². The molecule has 0 unspecified atom stereocenters. The summed E-state index contributed by atoms with van der Waals surface area (Å²) in [7, 11) is -4.14. The van der Waals surface area contributed by atoms with Gasteiger partial charge >= 0.3 is 12.1 Å². The number of hydrogen-bond donors (Lipinski definition) is 2. The summed E-state index contributed by atoms with van der Waals surface area (Å²) in [6.45, 7) is -0.134. The smallest absolute Gasteiger partial charge is 0.471 e. The Balaban J connectivity index is 1.97. The largest absolute Gasteiger partial charge is 0.490 e. The van der Waals surface area contributed by atoms with E-state index in [-0.39, 0.29) is 36.8 Å². The average molecular weight is 432 g/mol. The van der Waals surface area contributed by atoms with Crippen LogP contribution in [-0.2, 0) is 21.2 Å². The van der Waals surface area contributed by atoms with E-state index in [9.17, 15) is 26.4 Å². The Hall–Kier alpha value is -2.79. The van der Waals surface area contributed by atoms with Crippen LogP contribution in [0.25, 0.3) is 0 Å². The topological polar surface area (TPSA) is 108 Å². The summed E-state index contributed by atoms with van der Waals surface area (Å²) in [4.78, 5) is 10.5. The lowest BCUT2D eigenvalue weighted by Gasteiger charge is -2.13. The summed E-state index contributed by atoms with van der Waals surface area (Å²) in [5.41, 5.74) is 0.365. The highest BCUT2D eigenvalue weighted by Crippen LogP contribution is 2.24. The summed E-state index contributed by atoms with van der Waals surface area (Å²) >= 11 is 0. The molecular formula is C18H19F3N2O5S. The first-order valence-electron chi connectivity index (χ1n) is 8.39. The zero-order valence-electron chi connectivity index (χ0n) is 15.1. The summed E-state index contributed by atoms with van der Waals surface area (Å²) in [5, 5.41) is 6.91. The molecule has 0 heterocycles. The molecule has 0 aliphatic rings. The third-order valence-electron chi connectivity index (χ3n) is 3.62. The van der Waals surface area contributed by atoms with Gasteiger partial charge in [0.25, 0.3) is 0 Å². The van der Waals surface area contributed by atoms with Gasteiger partial charge in [-0.2, -0.15) is 13.2 Å². The van der Waals surface area contributed by atoms with Crippen molar-refractivity contribution in [1.29, 1.82) is 0 Å². The molecule has 0 fully saturated rings. The van der Waals surface area contributed by atoms with E-state index >= 15 is 0 Å². The van der Waals surface area contributed by atoms with Gasteiger partial charge in [-0.1, -0.05) is 24.3 Å². The van der Waals surface area contributed by atoms with Gasteiger partial charge < -0.3 is 14.8 Å². The van der Waals surface area contributed by atoms with Crippen molar-refractivity contribution in [2.75, 3.05) is 19.8 Å². The number of primary sulfonamides is 1. The molecule has 7 nitrogen and oxygen atoms in total. The van der Waals surface area contributed by atoms with Crippen molar-refractivity contribution in [3.63, 3.8) is 0 Å². The van der Waals surface area contributed by atoms with Crippen LogP contribution >= 0.6 is 0 Å². The minimum Gasteiger partial charge on any atom is -0.490 e. The number of carbonyl (C=O) groups is 1. The van der Waals surface area contributed by atoms with Gasteiger partial charge in [-0.05, 0) is 36.2 Å². The molecule has 2 rings (SSSR count). The molecule has 1 amide bonds. The molecule has 0 spiro atoms. The van der Waals surface area contributed by atoms with Crippen molar-refractivity contribution in [2.45, 2.75) is 17.5 Å². The predicted molar refractivity (Wildman–Crippen MR) is 98.0 cm³/mol. The fourth-order valence-electron chi connectivity index (χ4n) is 2.30. The van der Waals surface area contributed by atoms with Crippen LogP contribution in [0.2, 0.25) is 0 Å². The zero-order valence-corrected chi connectivity index (χ0v) is 15.9. The Morgan fingerprint density at radius 2 is 1.69 bits per heavy atom. The summed E-state index contributed by atoms with van der Waals surface area (Å²) in [5.74, 6) is -1.45. The van der Waals surface area contributed by atoms with Gasteiger partial charge in [-0.25, -0.2) is 13.6 Å². The van der Waals surface area contributed by atoms with Crippen LogP contribution in [0, 0.1) is 0 Å². The Bertz CT molecular complexity index is 934. The monoisotopic (exact) mass is 432 g/mol. The molecule has 0 aliphatic heterocycles. The third kappa shape index (κ3) is 7.27. The van der Waals surface area contributed by atoms with Gasteiger partial charge in [-0.15, -0.1) is 0 Å². The molecule has 0 aromatic heterocycles. The first kappa shape index (κ1) is 22.5. The first-order chi connectivity index (χ1) is 13.6. The molecule has 3 N–H and O–H groups in total. The van der Waals surface area contributed by atoms with E-state index in [2.05, 4.69) is 0 Å². The van der Waals surface area contributed by atoms with Crippen LogP contribution in [0.1, 0.15) is 5.56 Å². The van der Waals surface area contributed by atoms with E-state index in [0.29, 0.717) is 11.3 Å². The number of alkyl halides is 3. The molecule has 0 saturated carbocycles. The molecule has 11 heteroatoms. The second kappa shape index (κ2) is 9.61. The fraction of sp³-hybridized carbons (Fsp3) is 0.278. The lowest BCUT2D eigenvalue weighted by atomic mass is 10.1. The second-order valence-electron chi connectivity index (χ2n) is 5.84. The number of rotatable bonds is 9. The van der Waals surface area contributed by atoms with Crippen molar-refractivity contribution in [3.8, 4) is 11.5 Å².